The van der Waals surface area contributed by atoms with E-state index in [1.165, 1.54) is 0 Å². The Morgan fingerprint density at radius 2 is 1.88 bits per heavy atom. The first-order chi connectivity index (χ1) is 7.71. The zero-order valence-electron chi connectivity index (χ0n) is 9.45. The lowest BCUT2D eigenvalue weighted by Gasteiger charge is -2.08. The number of hydrogen-bond acceptors (Lipinski definition) is 3. The third kappa shape index (κ3) is 3.02. The van der Waals surface area contributed by atoms with Crippen LogP contribution in [0.2, 0.25) is 0 Å². The molecule has 0 heterocycles. The van der Waals surface area contributed by atoms with E-state index in [9.17, 15) is 4.79 Å². The normalized spacial score (nSPS) is 9.38. The Labute approximate surface area is 94.9 Å². The fraction of sp³-hybridized carbons (Fsp3) is 0.250. The van der Waals surface area contributed by atoms with Gasteiger partial charge < -0.3 is 14.8 Å². The van der Waals surface area contributed by atoms with Crippen molar-refractivity contribution in [2.24, 2.45) is 0 Å². The van der Waals surface area contributed by atoms with E-state index >= 15 is 0 Å². The maximum Gasteiger partial charge on any atom is 0.251 e. The summed E-state index contributed by atoms with van der Waals surface area (Å²) in [6, 6.07) is 5.02. The summed E-state index contributed by atoms with van der Waals surface area (Å²) in [5.41, 5.74) is 0.498. The van der Waals surface area contributed by atoms with E-state index in [1.807, 2.05) is 0 Å². The number of benzene rings is 1. The molecule has 1 aromatic carbocycles. The molecule has 86 valence electrons. The number of carbonyl (C=O) groups excluding carboxylic acids is 1. The van der Waals surface area contributed by atoms with Crippen molar-refractivity contribution < 1.29 is 14.3 Å². The first-order valence-corrected chi connectivity index (χ1v) is 4.83. The second kappa shape index (κ2) is 5.80. The average molecular weight is 221 g/mol. The summed E-state index contributed by atoms with van der Waals surface area (Å²) in [7, 11) is 3.08. The maximum absolute atomic E-state index is 11.7. The minimum absolute atomic E-state index is 0.183. The quantitative estimate of drug-likeness (QED) is 0.768. The molecule has 0 unspecified atom stereocenters. The molecular weight excluding hydrogens is 206 g/mol. The highest BCUT2D eigenvalue weighted by molar-refractivity contribution is 5.95. The van der Waals surface area contributed by atoms with Gasteiger partial charge in [-0.05, 0) is 12.1 Å². The van der Waals surface area contributed by atoms with Gasteiger partial charge in [0.2, 0.25) is 0 Å². The Morgan fingerprint density at radius 1 is 1.31 bits per heavy atom. The Hall–Kier alpha value is -1.97. The topological polar surface area (TPSA) is 47.6 Å². The van der Waals surface area contributed by atoms with Crippen LogP contribution in [0.3, 0.4) is 0 Å². The van der Waals surface area contributed by atoms with Crippen LogP contribution in [0.5, 0.6) is 11.5 Å². The summed E-state index contributed by atoms with van der Waals surface area (Å²) in [5.74, 6) is 0.989. The number of nitrogens with one attached hydrogen (secondary N) is 1. The van der Waals surface area contributed by atoms with Crippen LogP contribution in [0.4, 0.5) is 0 Å². The number of amides is 1. The van der Waals surface area contributed by atoms with E-state index in [0.717, 1.165) is 0 Å². The monoisotopic (exact) mass is 221 g/mol. The van der Waals surface area contributed by atoms with Gasteiger partial charge in [0.15, 0.2) is 0 Å². The van der Waals surface area contributed by atoms with E-state index in [2.05, 4.69) is 11.9 Å². The van der Waals surface area contributed by atoms with Gasteiger partial charge in [0.05, 0.1) is 14.2 Å². The molecule has 0 radical (unpaired) electrons. The Morgan fingerprint density at radius 3 is 2.31 bits per heavy atom. The predicted molar refractivity (Wildman–Crippen MR) is 62.1 cm³/mol. The minimum Gasteiger partial charge on any atom is -0.497 e. The molecule has 16 heavy (non-hydrogen) atoms. The summed E-state index contributed by atoms with van der Waals surface area (Å²) in [4.78, 5) is 11.7. The lowest BCUT2D eigenvalue weighted by atomic mass is 10.2. The van der Waals surface area contributed by atoms with E-state index in [-0.39, 0.29) is 5.91 Å². The molecule has 0 aliphatic rings. The molecule has 1 amide bonds. The molecule has 4 heteroatoms. The highest BCUT2D eigenvalue weighted by Gasteiger charge is 2.08. The van der Waals surface area contributed by atoms with E-state index in [4.69, 9.17) is 9.47 Å². The van der Waals surface area contributed by atoms with Gasteiger partial charge >= 0.3 is 0 Å². The van der Waals surface area contributed by atoms with Crippen LogP contribution in [0.25, 0.3) is 0 Å². The molecule has 4 nitrogen and oxygen atoms in total. The molecule has 0 fully saturated rings. The third-order valence-corrected chi connectivity index (χ3v) is 2.02. The smallest absolute Gasteiger partial charge is 0.251 e. The van der Waals surface area contributed by atoms with Crippen LogP contribution >= 0.6 is 0 Å². The van der Waals surface area contributed by atoms with E-state index in [0.29, 0.717) is 23.6 Å². The second-order valence-electron chi connectivity index (χ2n) is 3.10. The Kier molecular flexibility index (Phi) is 4.39. The van der Waals surface area contributed by atoms with Gasteiger partial charge in [-0.3, -0.25) is 4.79 Å². The Bertz CT molecular complexity index is 366. The van der Waals surface area contributed by atoms with Crippen molar-refractivity contribution in [2.75, 3.05) is 20.8 Å². The van der Waals surface area contributed by atoms with Crippen LogP contribution in [-0.4, -0.2) is 26.7 Å². The highest BCUT2D eigenvalue weighted by Crippen LogP contribution is 2.22. The minimum atomic E-state index is -0.183. The first-order valence-electron chi connectivity index (χ1n) is 4.83. The van der Waals surface area contributed by atoms with Crippen LogP contribution < -0.4 is 14.8 Å². The molecule has 0 saturated heterocycles. The highest BCUT2D eigenvalue weighted by atomic mass is 16.5. The third-order valence-electron chi connectivity index (χ3n) is 2.02. The molecule has 0 saturated carbocycles. The molecule has 0 spiro atoms. The molecule has 0 aliphatic heterocycles. The van der Waals surface area contributed by atoms with Gasteiger partial charge in [0.25, 0.3) is 5.91 Å². The maximum atomic E-state index is 11.7. The SMILES string of the molecule is C=CCNC(=O)c1cc(OC)cc(OC)c1. The zero-order chi connectivity index (χ0) is 12.0. The number of rotatable bonds is 5. The van der Waals surface area contributed by atoms with Crippen LogP contribution in [0.1, 0.15) is 10.4 Å². The van der Waals surface area contributed by atoms with E-state index in [1.54, 1.807) is 38.5 Å². The fourth-order valence-electron chi connectivity index (χ4n) is 1.21. The van der Waals surface area contributed by atoms with Crippen molar-refractivity contribution in [3.05, 3.63) is 36.4 Å². The molecule has 0 aliphatic carbocycles. The van der Waals surface area contributed by atoms with Crippen molar-refractivity contribution in [3.63, 3.8) is 0 Å². The first kappa shape index (κ1) is 12.1. The number of carbonyl (C=O) groups is 1. The lowest BCUT2D eigenvalue weighted by Crippen LogP contribution is -2.23. The zero-order valence-corrected chi connectivity index (χ0v) is 9.45. The molecule has 1 aromatic rings. The number of methoxy groups -OCH3 is 2. The van der Waals surface area contributed by atoms with Crippen molar-refractivity contribution in [3.8, 4) is 11.5 Å². The van der Waals surface area contributed by atoms with Gasteiger partial charge in [-0.25, -0.2) is 0 Å². The molecular formula is C12H15NO3. The number of ether oxygens (including phenoxy) is 2. The van der Waals surface area contributed by atoms with Crippen molar-refractivity contribution in [2.45, 2.75) is 0 Å². The van der Waals surface area contributed by atoms with Gasteiger partial charge in [0.1, 0.15) is 11.5 Å². The summed E-state index contributed by atoms with van der Waals surface area (Å²) in [6.45, 7) is 3.96. The lowest BCUT2D eigenvalue weighted by molar-refractivity contribution is 0.0957. The van der Waals surface area contributed by atoms with Crippen LogP contribution in [0, 0.1) is 0 Å². The van der Waals surface area contributed by atoms with Crippen molar-refractivity contribution in [1.82, 2.24) is 5.32 Å². The standard InChI is InChI=1S/C12H15NO3/c1-4-5-13-12(14)9-6-10(15-2)8-11(7-9)16-3/h4,6-8H,1,5H2,2-3H3,(H,13,14). The molecule has 0 bridgehead atoms. The summed E-state index contributed by atoms with van der Waals surface area (Å²) in [5, 5.41) is 2.68. The summed E-state index contributed by atoms with van der Waals surface area (Å²) in [6.07, 6.45) is 1.62. The largest absolute Gasteiger partial charge is 0.497 e. The molecule has 0 aromatic heterocycles. The Balaban J connectivity index is 2.93. The fourth-order valence-corrected chi connectivity index (χ4v) is 1.21. The van der Waals surface area contributed by atoms with E-state index < -0.39 is 0 Å². The number of hydrogen-bond donors (Lipinski definition) is 1. The van der Waals surface area contributed by atoms with Crippen molar-refractivity contribution in [1.29, 1.82) is 0 Å². The van der Waals surface area contributed by atoms with Crippen LogP contribution in [0.15, 0.2) is 30.9 Å². The van der Waals surface area contributed by atoms with Crippen molar-refractivity contribution >= 4 is 5.91 Å². The summed E-state index contributed by atoms with van der Waals surface area (Å²) < 4.78 is 10.1. The van der Waals surface area contributed by atoms with Gasteiger partial charge in [-0.2, -0.15) is 0 Å². The second-order valence-corrected chi connectivity index (χ2v) is 3.10. The van der Waals surface area contributed by atoms with Gasteiger partial charge in [-0.1, -0.05) is 6.08 Å². The average Bonchev–Trinajstić information content (AvgIpc) is 2.35. The predicted octanol–water partition coefficient (Wildman–Crippen LogP) is 1.62. The van der Waals surface area contributed by atoms with Gasteiger partial charge in [-0.15, -0.1) is 6.58 Å². The van der Waals surface area contributed by atoms with Gasteiger partial charge in [0, 0.05) is 18.2 Å². The summed E-state index contributed by atoms with van der Waals surface area (Å²) >= 11 is 0. The molecule has 1 rings (SSSR count). The molecule has 0 atom stereocenters. The van der Waals surface area contributed by atoms with Crippen LogP contribution in [-0.2, 0) is 0 Å². The molecule has 1 N–H and O–H groups in total.